The molecule has 0 aliphatic carbocycles. The second-order valence-electron chi connectivity index (χ2n) is 2.98. The zero-order valence-electron chi connectivity index (χ0n) is 6.13. The number of rotatable bonds is 0. The van der Waals surface area contributed by atoms with Gasteiger partial charge in [-0.3, -0.25) is 11.1 Å². The zero-order valence-corrected chi connectivity index (χ0v) is 6.95. The molecule has 0 aromatic heterocycles. The molecule has 0 aromatic carbocycles. The maximum Gasteiger partial charge on any atom is 0.131 e. The van der Waals surface area contributed by atoms with Crippen molar-refractivity contribution in [1.82, 2.24) is 16.0 Å². The summed E-state index contributed by atoms with van der Waals surface area (Å²) in [5, 5.41) is 9.49. The number of fused-ring (bicyclic) bond motifs is 1. The quantitative estimate of drug-likeness (QED) is 0.342. The first-order valence-corrected chi connectivity index (χ1v) is 4.23. The summed E-state index contributed by atoms with van der Waals surface area (Å²) in [7, 11) is 0. The van der Waals surface area contributed by atoms with Crippen LogP contribution < -0.4 is 21.7 Å². The first-order chi connectivity index (χ1) is 5.27. The van der Waals surface area contributed by atoms with E-state index in [1.165, 1.54) is 0 Å². The standard InChI is InChI=1S/C6H12N4S/c7-6-9-4-3(1-2-8-4)5(11)10-6/h3-4,6,8-9H,1-2,7H2,(H,10,11). The molecule has 3 unspecified atom stereocenters. The van der Waals surface area contributed by atoms with Gasteiger partial charge in [0.15, 0.2) is 0 Å². The van der Waals surface area contributed by atoms with Crippen LogP contribution in [-0.2, 0) is 0 Å². The van der Waals surface area contributed by atoms with Crippen molar-refractivity contribution >= 4 is 17.2 Å². The van der Waals surface area contributed by atoms with E-state index in [0.29, 0.717) is 12.1 Å². The molecule has 0 amide bonds. The molecular weight excluding hydrogens is 160 g/mol. The number of hydrogen-bond donors (Lipinski definition) is 4. The smallest absolute Gasteiger partial charge is 0.131 e. The zero-order chi connectivity index (χ0) is 7.84. The summed E-state index contributed by atoms with van der Waals surface area (Å²) in [6, 6.07) is 0. The van der Waals surface area contributed by atoms with E-state index in [1.54, 1.807) is 0 Å². The molecule has 2 rings (SSSR count). The first-order valence-electron chi connectivity index (χ1n) is 3.83. The normalized spacial score (nSPS) is 43.4. The van der Waals surface area contributed by atoms with E-state index in [2.05, 4.69) is 16.0 Å². The summed E-state index contributed by atoms with van der Waals surface area (Å²) in [4.78, 5) is 0.895. The monoisotopic (exact) mass is 172 g/mol. The maximum absolute atomic E-state index is 5.63. The highest BCUT2D eigenvalue weighted by atomic mass is 32.1. The molecule has 0 spiro atoms. The van der Waals surface area contributed by atoms with E-state index >= 15 is 0 Å². The highest BCUT2D eigenvalue weighted by molar-refractivity contribution is 7.80. The SMILES string of the molecule is NC1NC(=S)C2CCNC2N1. The van der Waals surface area contributed by atoms with Crippen molar-refractivity contribution in [1.29, 1.82) is 0 Å². The fourth-order valence-corrected chi connectivity index (χ4v) is 2.04. The Bertz CT molecular complexity index is 183. The van der Waals surface area contributed by atoms with E-state index in [9.17, 15) is 0 Å². The molecule has 0 aromatic rings. The van der Waals surface area contributed by atoms with Crippen LogP contribution in [0.25, 0.3) is 0 Å². The third-order valence-corrected chi connectivity index (χ3v) is 2.64. The molecule has 4 nitrogen and oxygen atoms in total. The van der Waals surface area contributed by atoms with Gasteiger partial charge in [0, 0.05) is 5.92 Å². The van der Waals surface area contributed by atoms with Crippen LogP contribution in [0.3, 0.4) is 0 Å². The van der Waals surface area contributed by atoms with Gasteiger partial charge in [0.2, 0.25) is 0 Å². The van der Waals surface area contributed by atoms with Crippen LogP contribution in [0, 0.1) is 5.92 Å². The summed E-state index contributed by atoms with van der Waals surface area (Å²) in [5.74, 6) is 0.435. The number of nitrogens with two attached hydrogens (primary N) is 1. The highest BCUT2D eigenvalue weighted by Crippen LogP contribution is 2.17. The first kappa shape index (κ1) is 7.42. The van der Waals surface area contributed by atoms with Gasteiger partial charge in [-0.15, -0.1) is 0 Å². The van der Waals surface area contributed by atoms with Gasteiger partial charge < -0.3 is 10.6 Å². The summed E-state index contributed by atoms with van der Waals surface area (Å²) < 4.78 is 0. The van der Waals surface area contributed by atoms with Crippen molar-refractivity contribution < 1.29 is 0 Å². The lowest BCUT2D eigenvalue weighted by molar-refractivity contribution is 0.332. The minimum atomic E-state index is -0.186. The van der Waals surface area contributed by atoms with Crippen molar-refractivity contribution in [2.45, 2.75) is 18.9 Å². The predicted molar refractivity (Wildman–Crippen MR) is 46.7 cm³/mol. The molecule has 11 heavy (non-hydrogen) atoms. The van der Waals surface area contributed by atoms with Crippen LogP contribution in [0.5, 0.6) is 0 Å². The van der Waals surface area contributed by atoms with Crippen molar-refractivity contribution in [3.05, 3.63) is 0 Å². The van der Waals surface area contributed by atoms with Gasteiger partial charge in [-0.1, -0.05) is 12.2 Å². The Morgan fingerprint density at radius 2 is 2.36 bits per heavy atom. The Labute approximate surface area is 70.9 Å². The van der Waals surface area contributed by atoms with E-state index in [-0.39, 0.29) is 6.29 Å². The van der Waals surface area contributed by atoms with Crippen LogP contribution in [0.2, 0.25) is 0 Å². The van der Waals surface area contributed by atoms with Crippen LogP contribution in [-0.4, -0.2) is 24.0 Å². The second kappa shape index (κ2) is 2.67. The largest absolute Gasteiger partial charge is 0.352 e. The molecule has 2 fully saturated rings. The Balaban J connectivity index is 2.10. The van der Waals surface area contributed by atoms with Gasteiger partial charge in [-0.05, 0) is 13.0 Å². The van der Waals surface area contributed by atoms with E-state index < -0.39 is 0 Å². The van der Waals surface area contributed by atoms with Crippen LogP contribution in [0.1, 0.15) is 6.42 Å². The van der Waals surface area contributed by atoms with Crippen molar-refractivity contribution in [2.24, 2.45) is 11.7 Å². The number of nitrogens with one attached hydrogen (secondary N) is 3. The Morgan fingerprint density at radius 3 is 3.18 bits per heavy atom. The van der Waals surface area contributed by atoms with Gasteiger partial charge in [0.25, 0.3) is 0 Å². The van der Waals surface area contributed by atoms with Gasteiger partial charge >= 0.3 is 0 Å². The third kappa shape index (κ3) is 1.24. The lowest BCUT2D eigenvalue weighted by atomic mass is 10.0. The third-order valence-electron chi connectivity index (χ3n) is 2.22. The molecule has 2 heterocycles. The lowest BCUT2D eigenvalue weighted by Gasteiger charge is -2.33. The summed E-state index contributed by atoms with van der Waals surface area (Å²) in [6.45, 7) is 1.02. The average molecular weight is 172 g/mol. The summed E-state index contributed by atoms with van der Waals surface area (Å²) >= 11 is 5.15. The minimum Gasteiger partial charge on any atom is -0.352 e. The fourth-order valence-electron chi connectivity index (χ4n) is 1.66. The van der Waals surface area contributed by atoms with E-state index in [1.807, 2.05) is 0 Å². The summed E-state index contributed by atoms with van der Waals surface area (Å²) in [6.07, 6.45) is 1.21. The van der Waals surface area contributed by atoms with Crippen molar-refractivity contribution in [2.75, 3.05) is 6.54 Å². The molecule has 5 N–H and O–H groups in total. The van der Waals surface area contributed by atoms with Crippen molar-refractivity contribution in [3.8, 4) is 0 Å². The molecule has 0 saturated carbocycles. The molecular formula is C6H12N4S. The van der Waals surface area contributed by atoms with Crippen molar-refractivity contribution in [3.63, 3.8) is 0 Å². The molecule has 2 aliphatic heterocycles. The molecule has 0 bridgehead atoms. The predicted octanol–water partition coefficient (Wildman–Crippen LogP) is -1.32. The number of hydrogen-bond acceptors (Lipinski definition) is 4. The van der Waals surface area contributed by atoms with Gasteiger partial charge in [0.1, 0.15) is 6.29 Å². The van der Waals surface area contributed by atoms with Gasteiger partial charge in [-0.2, -0.15) is 0 Å². The fraction of sp³-hybridized carbons (Fsp3) is 0.833. The van der Waals surface area contributed by atoms with Crippen LogP contribution in [0.15, 0.2) is 0 Å². The molecule has 0 radical (unpaired) electrons. The topological polar surface area (TPSA) is 62.1 Å². The highest BCUT2D eigenvalue weighted by Gasteiger charge is 2.35. The Hall–Kier alpha value is -0.230. The maximum atomic E-state index is 5.63. The second-order valence-corrected chi connectivity index (χ2v) is 3.42. The molecule has 5 heteroatoms. The Kier molecular flexibility index (Phi) is 1.80. The average Bonchev–Trinajstić information content (AvgIpc) is 2.34. The van der Waals surface area contributed by atoms with Gasteiger partial charge in [0.05, 0.1) is 11.2 Å². The van der Waals surface area contributed by atoms with E-state index in [0.717, 1.165) is 18.0 Å². The van der Waals surface area contributed by atoms with Gasteiger partial charge in [-0.25, -0.2) is 0 Å². The number of thiocarbonyl (C=S) groups is 1. The van der Waals surface area contributed by atoms with E-state index in [4.69, 9.17) is 18.0 Å². The minimum absolute atomic E-state index is 0.186. The molecule has 2 saturated heterocycles. The van der Waals surface area contributed by atoms with Crippen LogP contribution in [0.4, 0.5) is 0 Å². The Morgan fingerprint density at radius 1 is 1.55 bits per heavy atom. The molecule has 2 aliphatic rings. The lowest BCUT2D eigenvalue weighted by Crippen LogP contribution is -2.65. The van der Waals surface area contributed by atoms with Crippen LogP contribution >= 0.6 is 12.2 Å². The molecule has 3 atom stereocenters. The summed E-state index contributed by atoms with van der Waals surface area (Å²) in [5.41, 5.74) is 5.63. The molecule has 62 valence electrons.